The molecule has 1 aromatic heterocycles. The average molecular weight is 279 g/mol. The molecule has 0 atom stereocenters. The minimum Gasteiger partial charge on any atom is -0.309 e. The SMILES string of the molecule is Clc1ccc(CNCc2ccc3c(c2)CNC3)s1. The predicted molar refractivity (Wildman–Crippen MR) is 76.9 cm³/mol. The smallest absolute Gasteiger partial charge is 0.0931 e. The van der Waals surface area contributed by atoms with Gasteiger partial charge in [0.2, 0.25) is 0 Å². The zero-order valence-corrected chi connectivity index (χ0v) is 11.6. The Labute approximate surface area is 116 Å². The highest BCUT2D eigenvalue weighted by molar-refractivity contribution is 7.16. The Morgan fingerprint density at radius 3 is 2.83 bits per heavy atom. The van der Waals surface area contributed by atoms with Crippen molar-refractivity contribution in [3.05, 3.63) is 56.2 Å². The van der Waals surface area contributed by atoms with E-state index >= 15 is 0 Å². The molecule has 1 aromatic carbocycles. The molecular weight excluding hydrogens is 264 g/mol. The number of hydrogen-bond acceptors (Lipinski definition) is 3. The summed E-state index contributed by atoms with van der Waals surface area (Å²) in [6.07, 6.45) is 0. The molecule has 1 aliphatic rings. The van der Waals surface area contributed by atoms with Gasteiger partial charge in [-0.05, 0) is 28.8 Å². The van der Waals surface area contributed by atoms with Crippen molar-refractivity contribution in [1.29, 1.82) is 0 Å². The van der Waals surface area contributed by atoms with E-state index in [1.54, 1.807) is 11.3 Å². The molecule has 1 aliphatic heterocycles. The second-order valence-corrected chi connectivity index (χ2v) is 6.32. The highest BCUT2D eigenvalue weighted by Crippen LogP contribution is 2.21. The van der Waals surface area contributed by atoms with Gasteiger partial charge in [0.25, 0.3) is 0 Å². The Morgan fingerprint density at radius 2 is 2.00 bits per heavy atom. The first-order chi connectivity index (χ1) is 8.81. The minimum atomic E-state index is 0.857. The number of rotatable bonds is 4. The van der Waals surface area contributed by atoms with Crippen LogP contribution in [0.5, 0.6) is 0 Å². The van der Waals surface area contributed by atoms with Crippen molar-refractivity contribution >= 4 is 22.9 Å². The van der Waals surface area contributed by atoms with Crippen LogP contribution in [-0.4, -0.2) is 0 Å². The summed E-state index contributed by atoms with van der Waals surface area (Å²) >= 11 is 7.54. The largest absolute Gasteiger partial charge is 0.309 e. The summed E-state index contributed by atoms with van der Waals surface area (Å²) in [5, 5.41) is 6.82. The van der Waals surface area contributed by atoms with E-state index in [-0.39, 0.29) is 0 Å². The standard InChI is InChI=1S/C14H15ClN2S/c15-14-4-3-13(18-14)9-16-6-10-1-2-11-7-17-8-12(11)5-10/h1-5,16-17H,6-9H2. The Balaban J connectivity index is 1.57. The summed E-state index contributed by atoms with van der Waals surface area (Å²) in [4.78, 5) is 1.28. The van der Waals surface area contributed by atoms with Gasteiger partial charge in [0.05, 0.1) is 4.34 Å². The topological polar surface area (TPSA) is 24.1 Å². The van der Waals surface area contributed by atoms with Crippen molar-refractivity contribution in [1.82, 2.24) is 10.6 Å². The number of halogens is 1. The van der Waals surface area contributed by atoms with Crippen molar-refractivity contribution in [3.8, 4) is 0 Å². The molecule has 0 saturated carbocycles. The van der Waals surface area contributed by atoms with Crippen LogP contribution in [0.2, 0.25) is 4.34 Å². The zero-order chi connectivity index (χ0) is 12.4. The van der Waals surface area contributed by atoms with Gasteiger partial charge in [0.15, 0.2) is 0 Å². The molecule has 0 amide bonds. The van der Waals surface area contributed by atoms with Gasteiger partial charge in [-0.15, -0.1) is 11.3 Å². The van der Waals surface area contributed by atoms with Crippen LogP contribution in [0.15, 0.2) is 30.3 Å². The maximum Gasteiger partial charge on any atom is 0.0931 e. The van der Waals surface area contributed by atoms with Crippen LogP contribution < -0.4 is 10.6 Å². The molecule has 2 N–H and O–H groups in total. The number of hydrogen-bond donors (Lipinski definition) is 2. The van der Waals surface area contributed by atoms with Crippen molar-refractivity contribution in [2.75, 3.05) is 0 Å². The summed E-state index contributed by atoms with van der Waals surface area (Å²) in [6.45, 7) is 3.80. The summed E-state index contributed by atoms with van der Waals surface area (Å²) in [5.41, 5.74) is 4.22. The third-order valence-electron chi connectivity index (χ3n) is 3.16. The molecule has 2 heterocycles. The predicted octanol–water partition coefficient (Wildman–Crippen LogP) is 3.29. The first-order valence-electron chi connectivity index (χ1n) is 6.07. The summed E-state index contributed by atoms with van der Waals surface area (Å²) in [6, 6.07) is 10.8. The number of thiophene rings is 1. The second-order valence-electron chi connectivity index (χ2n) is 4.52. The Bertz CT molecular complexity index is 550. The van der Waals surface area contributed by atoms with Crippen molar-refractivity contribution in [3.63, 3.8) is 0 Å². The Morgan fingerprint density at radius 1 is 1.11 bits per heavy atom. The molecule has 3 rings (SSSR count). The van der Waals surface area contributed by atoms with Gasteiger partial charge >= 0.3 is 0 Å². The van der Waals surface area contributed by atoms with E-state index in [9.17, 15) is 0 Å². The van der Waals surface area contributed by atoms with Crippen LogP contribution in [0.3, 0.4) is 0 Å². The highest BCUT2D eigenvalue weighted by atomic mass is 35.5. The van der Waals surface area contributed by atoms with E-state index in [1.807, 2.05) is 6.07 Å². The van der Waals surface area contributed by atoms with Crippen LogP contribution in [0.4, 0.5) is 0 Å². The molecule has 0 spiro atoms. The molecule has 0 unspecified atom stereocenters. The fourth-order valence-corrected chi connectivity index (χ4v) is 3.29. The van der Waals surface area contributed by atoms with E-state index in [2.05, 4.69) is 34.9 Å². The van der Waals surface area contributed by atoms with E-state index in [1.165, 1.54) is 21.6 Å². The van der Waals surface area contributed by atoms with Gasteiger partial charge in [-0.25, -0.2) is 0 Å². The number of nitrogens with one attached hydrogen (secondary N) is 2. The lowest BCUT2D eigenvalue weighted by Crippen LogP contribution is -2.11. The number of benzene rings is 1. The molecule has 0 radical (unpaired) electrons. The Hall–Kier alpha value is -0.870. The van der Waals surface area contributed by atoms with Gasteiger partial charge in [-0.3, -0.25) is 0 Å². The summed E-state index contributed by atoms with van der Waals surface area (Å²) in [7, 11) is 0. The third-order valence-corrected chi connectivity index (χ3v) is 4.39. The molecule has 94 valence electrons. The van der Waals surface area contributed by atoms with Gasteiger partial charge in [-0.1, -0.05) is 29.8 Å². The normalized spacial score (nSPS) is 13.8. The average Bonchev–Trinajstić information content (AvgIpc) is 2.97. The Kier molecular flexibility index (Phi) is 3.66. The zero-order valence-electron chi connectivity index (χ0n) is 10.0. The first kappa shape index (κ1) is 12.2. The molecule has 0 aliphatic carbocycles. The van der Waals surface area contributed by atoms with Crippen molar-refractivity contribution in [2.24, 2.45) is 0 Å². The van der Waals surface area contributed by atoms with Gasteiger partial charge in [0, 0.05) is 31.1 Å². The molecular formula is C14H15ClN2S. The fraction of sp³-hybridized carbons (Fsp3) is 0.286. The third kappa shape index (κ3) is 2.75. The summed E-state index contributed by atoms with van der Waals surface area (Å²) in [5.74, 6) is 0. The van der Waals surface area contributed by atoms with E-state index in [0.29, 0.717) is 0 Å². The molecule has 18 heavy (non-hydrogen) atoms. The van der Waals surface area contributed by atoms with Crippen LogP contribution >= 0.6 is 22.9 Å². The molecule has 0 saturated heterocycles. The minimum absolute atomic E-state index is 0.857. The van der Waals surface area contributed by atoms with E-state index in [0.717, 1.165) is 30.5 Å². The van der Waals surface area contributed by atoms with Gasteiger partial charge in [0.1, 0.15) is 0 Å². The van der Waals surface area contributed by atoms with Crippen LogP contribution in [0, 0.1) is 0 Å². The first-order valence-corrected chi connectivity index (χ1v) is 7.27. The molecule has 2 aromatic rings. The van der Waals surface area contributed by atoms with Gasteiger partial charge in [-0.2, -0.15) is 0 Å². The lowest BCUT2D eigenvalue weighted by molar-refractivity contribution is 0.700. The monoisotopic (exact) mass is 278 g/mol. The van der Waals surface area contributed by atoms with Gasteiger partial charge < -0.3 is 10.6 Å². The van der Waals surface area contributed by atoms with Crippen molar-refractivity contribution in [2.45, 2.75) is 26.2 Å². The molecule has 2 nitrogen and oxygen atoms in total. The van der Waals surface area contributed by atoms with E-state index < -0.39 is 0 Å². The molecule has 0 bridgehead atoms. The quantitative estimate of drug-likeness (QED) is 0.897. The maximum atomic E-state index is 5.90. The second kappa shape index (κ2) is 5.41. The highest BCUT2D eigenvalue weighted by Gasteiger charge is 2.09. The fourth-order valence-electron chi connectivity index (χ4n) is 2.23. The molecule has 0 fully saturated rings. The van der Waals surface area contributed by atoms with Crippen LogP contribution in [0.1, 0.15) is 21.6 Å². The van der Waals surface area contributed by atoms with Crippen molar-refractivity contribution < 1.29 is 0 Å². The van der Waals surface area contributed by atoms with Crippen LogP contribution in [-0.2, 0) is 26.2 Å². The van der Waals surface area contributed by atoms with E-state index in [4.69, 9.17) is 11.6 Å². The lowest BCUT2D eigenvalue weighted by Gasteiger charge is -2.05. The number of fused-ring (bicyclic) bond motifs is 1. The lowest BCUT2D eigenvalue weighted by atomic mass is 10.1. The maximum absolute atomic E-state index is 5.90. The van der Waals surface area contributed by atoms with Crippen LogP contribution in [0.25, 0.3) is 0 Å². The molecule has 4 heteroatoms. The summed E-state index contributed by atoms with van der Waals surface area (Å²) < 4.78 is 0.857.